The van der Waals surface area contributed by atoms with Crippen LogP contribution >= 0.6 is 11.8 Å². The average Bonchev–Trinajstić information content (AvgIpc) is 2.31. The van der Waals surface area contributed by atoms with Gasteiger partial charge in [0.15, 0.2) is 5.16 Å². The summed E-state index contributed by atoms with van der Waals surface area (Å²) >= 11 is 1.16. The van der Waals surface area contributed by atoms with Gasteiger partial charge in [0.05, 0.1) is 5.56 Å². The molecule has 7 heteroatoms. The maximum atomic E-state index is 11.1. The van der Waals surface area contributed by atoms with Gasteiger partial charge in [0.25, 0.3) is 5.56 Å². The van der Waals surface area contributed by atoms with Gasteiger partial charge < -0.3 is 15.8 Å². The summed E-state index contributed by atoms with van der Waals surface area (Å²) in [6.07, 6.45) is 1.39. The monoisotopic (exact) mass is 263 g/mol. The topological polar surface area (TPSA) is 109 Å². The second-order valence-electron chi connectivity index (χ2n) is 3.40. The lowest BCUT2D eigenvalue weighted by atomic mass is 10.2. The van der Waals surface area contributed by atoms with Crippen molar-refractivity contribution in [1.29, 1.82) is 0 Å². The summed E-state index contributed by atoms with van der Waals surface area (Å²) in [6, 6.07) is 5.70. The molecule has 4 N–H and O–H groups in total. The molecular formula is C11H9N3O3S. The molecule has 0 aliphatic rings. The first-order valence-corrected chi connectivity index (χ1v) is 5.74. The summed E-state index contributed by atoms with van der Waals surface area (Å²) in [4.78, 5) is 29.0. The minimum Gasteiger partial charge on any atom is -0.478 e. The summed E-state index contributed by atoms with van der Waals surface area (Å²) in [5, 5.41) is 9.20. The largest absolute Gasteiger partial charge is 0.478 e. The zero-order valence-electron chi connectivity index (χ0n) is 9.08. The van der Waals surface area contributed by atoms with E-state index in [1.165, 1.54) is 24.4 Å². The predicted molar refractivity (Wildman–Crippen MR) is 66.8 cm³/mol. The third kappa shape index (κ3) is 2.69. The Morgan fingerprint density at radius 2 is 2.17 bits per heavy atom. The number of benzene rings is 1. The van der Waals surface area contributed by atoms with Crippen LogP contribution in [-0.4, -0.2) is 21.0 Å². The van der Waals surface area contributed by atoms with Gasteiger partial charge in [0.1, 0.15) is 0 Å². The van der Waals surface area contributed by atoms with Crippen molar-refractivity contribution >= 4 is 23.4 Å². The Morgan fingerprint density at radius 3 is 2.78 bits per heavy atom. The first kappa shape index (κ1) is 12.2. The summed E-state index contributed by atoms with van der Waals surface area (Å²) in [5.74, 6) is -1.04. The number of carbonyl (C=O) groups is 1. The van der Waals surface area contributed by atoms with Crippen molar-refractivity contribution in [1.82, 2.24) is 9.97 Å². The van der Waals surface area contributed by atoms with Crippen LogP contribution in [-0.2, 0) is 0 Å². The third-order valence-corrected chi connectivity index (χ3v) is 3.10. The van der Waals surface area contributed by atoms with E-state index < -0.39 is 5.97 Å². The van der Waals surface area contributed by atoms with Crippen molar-refractivity contribution < 1.29 is 9.90 Å². The van der Waals surface area contributed by atoms with Crippen molar-refractivity contribution in [2.24, 2.45) is 0 Å². The molecule has 2 aromatic rings. The van der Waals surface area contributed by atoms with Crippen LogP contribution in [0, 0.1) is 0 Å². The number of aromatic nitrogens is 2. The van der Waals surface area contributed by atoms with Crippen LogP contribution in [0.2, 0.25) is 0 Å². The van der Waals surface area contributed by atoms with Crippen LogP contribution in [0.3, 0.4) is 0 Å². The molecule has 0 aliphatic carbocycles. The minimum atomic E-state index is -1.04. The zero-order chi connectivity index (χ0) is 13.1. The highest BCUT2D eigenvalue weighted by molar-refractivity contribution is 7.99. The minimum absolute atomic E-state index is 0.117. The fraction of sp³-hybridized carbons (Fsp3) is 0. The highest BCUT2D eigenvalue weighted by Crippen LogP contribution is 2.29. The van der Waals surface area contributed by atoms with Crippen LogP contribution in [0.4, 0.5) is 5.69 Å². The molecule has 0 unspecified atom stereocenters. The number of nitrogen functional groups attached to an aromatic ring is 1. The van der Waals surface area contributed by atoms with Crippen LogP contribution in [0.25, 0.3) is 0 Å². The Bertz CT molecular complexity index is 654. The molecule has 18 heavy (non-hydrogen) atoms. The van der Waals surface area contributed by atoms with Crippen LogP contribution < -0.4 is 11.3 Å². The van der Waals surface area contributed by atoms with E-state index in [9.17, 15) is 9.59 Å². The molecule has 0 radical (unpaired) electrons. The van der Waals surface area contributed by atoms with Gasteiger partial charge in [0, 0.05) is 22.8 Å². The van der Waals surface area contributed by atoms with Crippen molar-refractivity contribution in [3.63, 3.8) is 0 Å². The van der Waals surface area contributed by atoms with Crippen LogP contribution in [0.15, 0.2) is 45.3 Å². The number of H-pyrrole nitrogens is 1. The molecule has 1 heterocycles. The van der Waals surface area contributed by atoms with E-state index in [1.54, 1.807) is 6.07 Å². The standard InChI is InChI=1S/C11H9N3O3S/c12-7-5-6(10(16)17)1-2-8(7)18-11-13-4-3-9(15)14-11/h1-5H,12H2,(H,16,17)(H,13,14,15). The number of hydrogen-bond acceptors (Lipinski definition) is 5. The molecule has 6 nitrogen and oxygen atoms in total. The molecule has 0 saturated carbocycles. The van der Waals surface area contributed by atoms with Gasteiger partial charge >= 0.3 is 5.97 Å². The number of rotatable bonds is 3. The molecular weight excluding hydrogens is 254 g/mol. The van der Waals surface area contributed by atoms with Gasteiger partial charge in [-0.25, -0.2) is 9.78 Å². The SMILES string of the molecule is Nc1cc(C(=O)O)ccc1Sc1nccc(=O)[nH]1. The maximum Gasteiger partial charge on any atom is 0.335 e. The smallest absolute Gasteiger partial charge is 0.335 e. The lowest BCUT2D eigenvalue weighted by molar-refractivity contribution is 0.0697. The number of nitrogens with zero attached hydrogens (tertiary/aromatic N) is 1. The third-order valence-electron chi connectivity index (χ3n) is 2.11. The van der Waals surface area contributed by atoms with E-state index in [1.807, 2.05) is 0 Å². The lowest BCUT2D eigenvalue weighted by Crippen LogP contribution is -2.05. The first-order valence-electron chi connectivity index (χ1n) is 4.92. The van der Waals surface area contributed by atoms with Gasteiger partial charge in [-0.15, -0.1) is 0 Å². The van der Waals surface area contributed by atoms with E-state index in [0.29, 0.717) is 15.7 Å². The van der Waals surface area contributed by atoms with Crippen molar-refractivity contribution in [2.45, 2.75) is 10.1 Å². The van der Waals surface area contributed by atoms with E-state index in [2.05, 4.69) is 9.97 Å². The van der Waals surface area contributed by atoms with Crippen molar-refractivity contribution in [3.05, 3.63) is 46.4 Å². The quantitative estimate of drug-likeness (QED) is 0.567. The highest BCUT2D eigenvalue weighted by Gasteiger charge is 2.08. The second-order valence-corrected chi connectivity index (χ2v) is 4.43. The van der Waals surface area contributed by atoms with Crippen LogP contribution in [0.1, 0.15) is 10.4 Å². The van der Waals surface area contributed by atoms with Crippen LogP contribution in [0.5, 0.6) is 0 Å². The number of aromatic amines is 1. The molecule has 0 saturated heterocycles. The first-order chi connectivity index (χ1) is 8.56. The number of hydrogen-bond donors (Lipinski definition) is 3. The van der Waals surface area contributed by atoms with Gasteiger partial charge in [-0.05, 0) is 30.0 Å². The average molecular weight is 263 g/mol. The van der Waals surface area contributed by atoms with E-state index in [4.69, 9.17) is 10.8 Å². The molecule has 0 bridgehead atoms. The Morgan fingerprint density at radius 1 is 1.39 bits per heavy atom. The number of aromatic carboxylic acids is 1. The molecule has 2 rings (SSSR count). The number of carboxylic acid groups (broad SMARTS) is 1. The molecule has 0 amide bonds. The number of carboxylic acids is 1. The number of anilines is 1. The fourth-order valence-corrected chi connectivity index (χ4v) is 2.07. The number of nitrogens with two attached hydrogens (primary N) is 1. The predicted octanol–water partition coefficient (Wildman–Crippen LogP) is 1.20. The van der Waals surface area contributed by atoms with Gasteiger partial charge in [0.2, 0.25) is 0 Å². The lowest BCUT2D eigenvalue weighted by Gasteiger charge is -2.05. The van der Waals surface area contributed by atoms with Crippen molar-refractivity contribution in [2.75, 3.05) is 5.73 Å². The molecule has 1 aromatic heterocycles. The zero-order valence-corrected chi connectivity index (χ0v) is 9.90. The Hall–Kier alpha value is -2.28. The van der Waals surface area contributed by atoms with Gasteiger partial charge in [-0.1, -0.05) is 0 Å². The molecule has 92 valence electrons. The summed E-state index contributed by atoms with van der Waals surface area (Å²) in [5.41, 5.74) is 5.93. The van der Waals surface area contributed by atoms with E-state index in [-0.39, 0.29) is 11.1 Å². The highest BCUT2D eigenvalue weighted by atomic mass is 32.2. The summed E-state index contributed by atoms with van der Waals surface area (Å²) < 4.78 is 0. The normalized spacial score (nSPS) is 10.2. The van der Waals surface area contributed by atoms with Gasteiger partial charge in [-0.2, -0.15) is 0 Å². The molecule has 1 aromatic carbocycles. The molecule has 0 atom stereocenters. The Labute approximate surface area is 106 Å². The number of nitrogens with one attached hydrogen (secondary N) is 1. The van der Waals surface area contributed by atoms with Gasteiger partial charge in [-0.3, -0.25) is 4.79 Å². The Kier molecular flexibility index (Phi) is 3.33. The Balaban J connectivity index is 2.30. The maximum absolute atomic E-state index is 11.1. The summed E-state index contributed by atoms with van der Waals surface area (Å²) in [6.45, 7) is 0. The summed E-state index contributed by atoms with van der Waals surface area (Å²) in [7, 11) is 0. The molecule has 0 aliphatic heterocycles. The second kappa shape index (κ2) is 4.92. The molecule has 0 fully saturated rings. The van der Waals surface area contributed by atoms with E-state index in [0.717, 1.165) is 11.8 Å². The molecule has 0 spiro atoms. The van der Waals surface area contributed by atoms with Crippen molar-refractivity contribution in [3.8, 4) is 0 Å². The fourth-order valence-electron chi connectivity index (χ4n) is 1.28. The van der Waals surface area contributed by atoms with E-state index >= 15 is 0 Å².